The van der Waals surface area contributed by atoms with E-state index in [1.54, 1.807) is 0 Å². The molecule has 0 unspecified atom stereocenters. The molecule has 0 radical (unpaired) electrons. The average molecular weight is 291 g/mol. The summed E-state index contributed by atoms with van der Waals surface area (Å²) < 4.78 is 26.1. The Morgan fingerprint density at radius 1 is 1.05 bits per heavy atom. The predicted molar refractivity (Wildman–Crippen MR) is 79.8 cm³/mol. The molecule has 0 aromatic rings. The summed E-state index contributed by atoms with van der Waals surface area (Å²) in [6, 6.07) is 0.714. The SMILES string of the molecule is CN(C)CCCCNS(=O)(=O)CCCCNC1CC1. The van der Waals surface area contributed by atoms with Crippen molar-refractivity contribution in [2.45, 2.75) is 44.6 Å². The van der Waals surface area contributed by atoms with E-state index >= 15 is 0 Å². The van der Waals surface area contributed by atoms with Crippen LogP contribution in [0.5, 0.6) is 0 Å². The first-order chi connectivity index (χ1) is 8.99. The van der Waals surface area contributed by atoms with Gasteiger partial charge >= 0.3 is 0 Å². The fourth-order valence-corrected chi connectivity index (χ4v) is 3.05. The molecule has 6 heteroatoms. The van der Waals surface area contributed by atoms with Crippen molar-refractivity contribution < 1.29 is 8.42 Å². The molecular formula is C13H29N3O2S. The van der Waals surface area contributed by atoms with Gasteiger partial charge < -0.3 is 10.2 Å². The number of sulfonamides is 1. The van der Waals surface area contributed by atoms with Crippen molar-refractivity contribution >= 4 is 10.0 Å². The van der Waals surface area contributed by atoms with Gasteiger partial charge in [0, 0.05) is 12.6 Å². The summed E-state index contributed by atoms with van der Waals surface area (Å²) in [5, 5.41) is 3.39. The van der Waals surface area contributed by atoms with Crippen LogP contribution in [0.15, 0.2) is 0 Å². The summed E-state index contributed by atoms with van der Waals surface area (Å²) >= 11 is 0. The van der Waals surface area contributed by atoms with Gasteiger partial charge in [-0.25, -0.2) is 13.1 Å². The average Bonchev–Trinajstić information content (AvgIpc) is 3.11. The molecule has 1 fully saturated rings. The van der Waals surface area contributed by atoms with Crippen molar-refractivity contribution in [3.8, 4) is 0 Å². The van der Waals surface area contributed by atoms with Crippen molar-refractivity contribution in [1.82, 2.24) is 14.9 Å². The van der Waals surface area contributed by atoms with Gasteiger partial charge in [-0.05, 0) is 65.7 Å². The number of unbranched alkanes of at least 4 members (excludes halogenated alkanes) is 2. The standard InChI is InChI=1S/C13H29N3O2S/c1-16(2)11-5-3-10-15-19(17,18)12-6-4-9-14-13-7-8-13/h13-15H,3-12H2,1-2H3. The van der Waals surface area contributed by atoms with E-state index in [2.05, 4.69) is 14.9 Å². The molecule has 1 saturated carbocycles. The van der Waals surface area contributed by atoms with Crippen LogP contribution in [0.1, 0.15) is 38.5 Å². The van der Waals surface area contributed by atoms with Crippen molar-refractivity contribution in [2.24, 2.45) is 0 Å². The van der Waals surface area contributed by atoms with Gasteiger partial charge in [0.1, 0.15) is 0 Å². The minimum Gasteiger partial charge on any atom is -0.314 e. The third-order valence-electron chi connectivity index (χ3n) is 3.20. The van der Waals surface area contributed by atoms with E-state index in [-0.39, 0.29) is 5.75 Å². The second-order valence-electron chi connectivity index (χ2n) is 5.66. The molecule has 0 atom stereocenters. The first-order valence-electron chi connectivity index (χ1n) is 7.35. The van der Waals surface area contributed by atoms with Gasteiger partial charge in [-0.15, -0.1) is 0 Å². The third kappa shape index (κ3) is 10.3. The highest BCUT2D eigenvalue weighted by Gasteiger charge is 2.19. The van der Waals surface area contributed by atoms with Crippen LogP contribution in [0, 0.1) is 0 Å². The second-order valence-corrected chi connectivity index (χ2v) is 7.59. The topological polar surface area (TPSA) is 61.4 Å². The lowest BCUT2D eigenvalue weighted by Gasteiger charge is -2.10. The lowest BCUT2D eigenvalue weighted by atomic mass is 10.3. The largest absolute Gasteiger partial charge is 0.314 e. The minimum absolute atomic E-state index is 0.257. The van der Waals surface area contributed by atoms with Crippen LogP contribution in [0.2, 0.25) is 0 Å². The van der Waals surface area contributed by atoms with Gasteiger partial charge in [0.25, 0.3) is 0 Å². The fraction of sp³-hybridized carbons (Fsp3) is 1.00. The van der Waals surface area contributed by atoms with Crippen LogP contribution < -0.4 is 10.0 Å². The van der Waals surface area contributed by atoms with E-state index in [9.17, 15) is 8.42 Å². The van der Waals surface area contributed by atoms with Crippen LogP contribution >= 0.6 is 0 Å². The molecule has 0 bridgehead atoms. The predicted octanol–water partition coefficient (Wildman–Crippen LogP) is 0.780. The fourth-order valence-electron chi connectivity index (χ4n) is 1.86. The smallest absolute Gasteiger partial charge is 0.211 e. The number of hydrogen-bond donors (Lipinski definition) is 2. The maximum absolute atomic E-state index is 11.7. The van der Waals surface area contributed by atoms with Crippen LogP contribution in [-0.4, -0.2) is 58.8 Å². The zero-order valence-electron chi connectivity index (χ0n) is 12.3. The number of hydrogen-bond acceptors (Lipinski definition) is 4. The highest BCUT2D eigenvalue weighted by Crippen LogP contribution is 2.18. The number of nitrogens with zero attached hydrogens (tertiary/aromatic N) is 1. The summed E-state index contributed by atoms with van der Waals surface area (Å²) in [6.45, 7) is 2.52. The van der Waals surface area contributed by atoms with Gasteiger partial charge in [0.05, 0.1) is 5.75 Å². The zero-order chi connectivity index (χ0) is 14.1. The van der Waals surface area contributed by atoms with Gasteiger partial charge in [0.2, 0.25) is 10.0 Å². The number of rotatable bonds is 12. The maximum atomic E-state index is 11.7. The van der Waals surface area contributed by atoms with E-state index in [1.807, 2.05) is 14.1 Å². The molecule has 0 aromatic heterocycles. The molecule has 2 N–H and O–H groups in total. The Labute approximate surface area is 118 Å². The Morgan fingerprint density at radius 3 is 2.37 bits per heavy atom. The van der Waals surface area contributed by atoms with E-state index in [4.69, 9.17) is 0 Å². The molecule has 1 aliphatic rings. The third-order valence-corrected chi connectivity index (χ3v) is 4.67. The Bertz CT molecular complexity index is 309. The van der Waals surface area contributed by atoms with E-state index in [0.717, 1.165) is 38.8 Å². The molecule has 19 heavy (non-hydrogen) atoms. The van der Waals surface area contributed by atoms with E-state index < -0.39 is 10.0 Å². The molecule has 1 aliphatic carbocycles. The van der Waals surface area contributed by atoms with Crippen LogP contribution in [0.3, 0.4) is 0 Å². The Balaban J connectivity index is 1.93. The molecule has 0 aromatic carbocycles. The molecule has 0 spiro atoms. The van der Waals surface area contributed by atoms with Gasteiger partial charge in [-0.2, -0.15) is 0 Å². The Morgan fingerprint density at radius 2 is 1.74 bits per heavy atom. The molecule has 5 nitrogen and oxygen atoms in total. The van der Waals surface area contributed by atoms with Crippen LogP contribution in [-0.2, 0) is 10.0 Å². The highest BCUT2D eigenvalue weighted by molar-refractivity contribution is 7.89. The number of nitrogens with one attached hydrogen (secondary N) is 2. The van der Waals surface area contributed by atoms with Crippen molar-refractivity contribution in [3.63, 3.8) is 0 Å². The normalized spacial score (nSPS) is 16.2. The van der Waals surface area contributed by atoms with Crippen LogP contribution in [0.25, 0.3) is 0 Å². The molecule has 0 aliphatic heterocycles. The van der Waals surface area contributed by atoms with E-state index in [1.165, 1.54) is 12.8 Å². The minimum atomic E-state index is -3.06. The summed E-state index contributed by atoms with van der Waals surface area (Å²) in [7, 11) is 0.996. The maximum Gasteiger partial charge on any atom is 0.211 e. The molecule has 0 saturated heterocycles. The zero-order valence-corrected chi connectivity index (χ0v) is 13.1. The van der Waals surface area contributed by atoms with Crippen LogP contribution in [0.4, 0.5) is 0 Å². The molecule has 1 rings (SSSR count). The summed E-state index contributed by atoms with van der Waals surface area (Å²) in [5.41, 5.74) is 0. The lowest BCUT2D eigenvalue weighted by molar-refractivity contribution is 0.394. The van der Waals surface area contributed by atoms with Gasteiger partial charge in [-0.3, -0.25) is 0 Å². The lowest BCUT2D eigenvalue weighted by Crippen LogP contribution is -2.28. The first-order valence-corrected chi connectivity index (χ1v) is 9.00. The highest BCUT2D eigenvalue weighted by atomic mass is 32.2. The Kier molecular flexibility index (Phi) is 7.90. The molecule has 114 valence electrons. The first kappa shape index (κ1) is 16.9. The summed E-state index contributed by atoms with van der Waals surface area (Å²) in [6.07, 6.45) is 6.19. The van der Waals surface area contributed by atoms with E-state index in [0.29, 0.717) is 12.6 Å². The quantitative estimate of drug-likeness (QED) is 0.522. The van der Waals surface area contributed by atoms with Crippen molar-refractivity contribution in [3.05, 3.63) is 0 Å². The molecule has 0 heterocycles. The molecular weight excluding hydrogens is 262 g/mol. The molecule has 0 amide bonds. The summed E-state index contributed by atoms with van der Waals surface area (Å²) in [4.78, 5) is 2.11. The van der Waals surface area contributed by atoms with Crippen molar-refractivity contribution in [1.29, 1.82) is 0 Å². The Hall–Kier alpha value is -0.170. The second kappa shape index (κ2) is 8.89. The monoisotopic (exact) mass is 291 g/mol. The summed E-state index contributed by atoms with van der Waals surface area (Å²) in [5.74, 6) is 0.257. The van der Waals surface area contributed by atoms with Crippen molar-refractivity contribution in [2.75, 3.05) is 39.5 Å². The van der Waals surface area contributed by atoms with Gasteiger partial charge in [0.15, 0.2) is 0 Å². The van der Waals surface area contributed by atoms with Gasteiger partial charge in [-0.1, -0.05) is 0 Å².